The van der Waals surface area contributed by atoms with Crippen molar-refractivity contribution in [2.24, 2.45) is 0 Å². The molecule has 5 heavy (non-hydrogen) atoms. The summed E-state index contributed by atoms with van der Waals surface area (Å²) < 4.78 is 0. The van der Waals surface area contributed by atoms with Crippen LogP contribution in [0.3, 0.4) is 0 Å². The molecule has 0 aliphatic heterocycles. The van der Waals surface area contributed by atoms with E-state index in [2.05, 4.69) is 12.6 Å². The van der Waals surface area contributed by atoms with E-state index in [-0.39, 0.29) is 28.5 Å². The van der Waals surface area contributed by atoms with Crippen molar-refractivity contribution in [3.63, 3.8) is 0 Å². The number of thiol groups is 1. The smallest absolute Gasteiger partial charge is 0.344 e. The molecule has 0 aliphatic rings. The summed E-state index contributed by atoms with van der Waals surface area (Å²) in [4.78, 5) is 0. The fraction of sp³-hybridized carbons (Fsp3) is 0. The number of hydrogen-bond acceptors (Lipinski definition) is 3. The minimum atomic E-state index is 0. The molecular weight excluding hydrogens is 269 g/mol. The molecule has 0 heterocycles. The van der Waals surface area contributed by atoms with E-state index in [0.717, 1.165) is 0 Å². The third-order valence-electron chi connectivity index (χ3n) is 0. The molecule has 0 atom stereocenters. The first-order valence-electron chi connectivity index (χ1n) is 0.447. The van der Waals surface area contributed by atoms with E-state index in [9.17, 15) is 0 Å². The first-order valence-corrected chi connectivity index (χ1v) is 0.894. The van der Waals surface area contributed by atoms with Gasteiger partial charge in [-0.2, -0.15) is 5.26 Å². The molecule has 0 aromatic heterocycles. The molecule has 0 rings (SSSR count). The van der Waals surface area contributed by atoms with Crippen LogP contribution in [-0.4, -0.2) is 0 Å². The molecule has 32 valence electrons. The average molecular weight is 273 g/mol. The van der Waals surface area contributed by atoms with Crippen molar-refractivity contribution in [2.45, 2.75) is 0 Å². The molecule has 4 heteroatoms. The normalized spacial score (nSPS) is 1.60. The summed E-state index contributed by atoms with van der Waals surface area (Å²) in [6, 6.07) is 0. The largest absolute Gasteiger partial charge is 3.00 e. The summed E-state index contributed by atoms with van der Waals surface area (Å²) >= 11 is 3.09. The quantitative estimate of drug-likeness (QED) is 0.385. The molecule has 0 saturated heterocycles. The van der Waals surface area contributed by atoms with Crippen LogP contribution >= 0.6 is 12.6 Å². The summed E-state index contributed by atoms with van der Waals surface area (Å²) in [5, 5.41) is 8.63. The number of nitriles is 1. The van der Waals surface area contributed by atoms with Crippen LogP contribution in [0, 0.1) is 10.7 Å². The zero-order chi connectivity index (χ0) is 2.71. The SMILES string of the molecule is N.N#CS.[Au+3]. The van der Waals surface area contributed by atoms with Crippen LogP contribution in [0.25, 0.3) is 0 Å². The van der Waals surface area contributed by atoms with E-state index in [1.807, 2.05) is 0 Å². The van der Waals surface area contributed by atoms with Crippen LogP contribution in [0.1, 0.15) is 0 Å². The Bertz CT molecular complexity index is 31.1. The van der Waals surface area contributed by atoms with Crippen molar-refractivity contribution in [1.82, 2.24) is 6.15 Å². The monoisotopic (exact) mass is 273 g/mol. The number of hydrogen-bond donors (Lipinski definition) is 2. The van der Waals surface area contributed by atoms with E-state index in [0.29, 0.717) is 0 Å². The van der Waals surface area contributed by atoms with Gasteiger partial charge in [-0.25, -0.2) is 0 Å². The maximum Gasteiger partial charge on any atom is 3.00 e. The Hall–Kier alpha value is 0.540. The van der Waals surface area contributed by atoms with Gasteiger partial charge in [-0.15, -0.1) is 0 Å². The van der Waals surface area contributed by atoms with E-state index in [4.69, 9.17) is 5.26 Å². The van der Waals surface area contributed by atoms with Crippen molar-refractivity contribution in [3.8, 4) is 5.40 Å². The third kappa shape index (κ3) is 100. The Balaban J connectivity index is -0.0000000200. The van der Waals surface area contributed by atoms with Gasteiger partial charge < -0.3 is 6.15 Å². The minimum Gasteiger partial charge on any atom is -0.344 e. The Kier molecular flexibility index (Phi) is 84.9. The molecule has 2 nitrogen and oxygen atoms in total. The van der Waals surface area contributed by atoms with Gasteiger partial charge in [-0.05, 0) is 0 Å². The second-order valence-electron chi connectivity index (χ2n) is 0.100. The van der Waals surface area contributed by atoms with Crippen molar-refractivity contribution in [3.05, 3.63) is 0 Å². The molecule has 0 amide bonds. The summed E-state index contributed by atoms with van der Waals surface area (Å²) in [5.74, 6) is 0. The van der Waals surface area contributed by atoms with Crippen molar-refractivity contribution in [2.75, 3.05) is 0 Å². The number of rotatable bonds is 0. The van der Waals surface area contributed by atoms with Crippen LogP contribution in [0.2, 0.25) is 0 Å². The van der Waals surface area contributed by atoms with Crippen molar-refractivity contribution in [1.29, 1.82) is 5.26 Å². The maximum atomic E-state index is 7.18. The molecule has 0 radical (unpaired) electrons. The van der Waals surface area contributed by atoms with E-state index in [1.165, 1.54) is 5.40 Å². The molecule has 0 unspecified atom stereocenters. The minimum absolute atomic E-state index is 0. The van der Waals surface area contributed by atoms with Gasteiger partial charge in [-0.1, -0.05) is 12.6 Å². The summed E-state index contributed by atoms with van der Waals surface area (Å²) in [6.45, 7) is 0. The first-order chi connectivity index (χ1) is 1.41. The maximum absolute atomic E-state index is 7.18. The van der Waals surface area contributed by atoms with Crippen molar-refractivity contribution >= 4 is 12.6 Å². The molecule has 0 bridgehead atoms. The van der Waals surface area contributed by atoms with E-state index >= 15 is 0 Å². The second-order valence-corrected chi connectivity index (χ2v) is 0.300. The summed E-state index contributed by atoms with van der Waals surface area (Å²) in [7, 11) is 0. The fourth-order valence-electron chi connectivity index (χ4n) is 0. The molecular formula is CH4AuN2S+3. The van der Waals surface area contributed by atoms with E-state index in [1.54, 1.807) is 0 Å². The zero-order valence-corrected chi connectivity index (χ0v) is 5.46. The van der Waals surface area contributed by atoms with Crippen LogP contribution in [0.5, 0.6) is 0 Å². The molecule has 3 N–H and O–H groups in total. The molecule has 0 aliphatic carbocycles. The van der Waals surface area contributed by atoms with Gasteiger partial charge in [0.2, 0.25) is 0 Å². The number of thiocyanates is 1. The molecule has 0 aromatic rings. The van der Waals surface area contributed by atoms with Gasteiger partial charge in [-0.3, -0.25) is 0 Å². The topological polar surface area (TPSA) is 58.8 Å². The van der Waals surface area contributed by atoms with Crippen LogP contribution in [0.15, 0.2) is 0 Å². The Labute approximate surface area is 52.1 Å². The van der Waals surface area contributed by atoms with Gasteiger partial charge >= 0.3 is 22.4 Å². The molecule has 0 spiro atoms. The van der Waals surface area contributed by atoms with Crippen LogP contribution < -0.4 is 6.15 Å². The third-order valence-corrected chi connectivity index (χ3v) is 0. The van der Waals surface area contributed by atoms with Gasteiger partial charge in [0, 0.05) is 0 Å². The Morgan fingerprint density at radius 2 is 1.60 bits per heavy atom. The van der Waals surface area contributed by atoms with Crippen LogP contribution in [0.4, 0.5) is 0 Å². The Morgan fingerprint density at radius 1 is 1.60 bits per heavy atom. The summed E-state index contributed by atoms with van der Waals surface area (Å²) in [5.41, 5.74) is 0. The predicted octanol–water partition coefficient (Wildman–Crippen LogP) is 0.557. The van der Waals surface area contributed by atoms with Gasteiger partial charge in [0.05, 0.1) is 0 Å². The zero-order valence-electron chi connectivity index (χ0n) is 2.40. The van der Waals surface area contributed by atoms with Gasteiger partial charge in [0.15, 0.2) is 0 Å². The first kappa shape index (κ1) is 17.7. The van der Waals surface area contributed by atoms with Crippen LogP contribution in [-0.2, 0) is 22.4 Å². The predicted molar refractivity (Wildman–Crippen MR) is 19.6 cm³/mol. The van der Waals surface area contributed by atoms with Gasteiger partial charge in [0.1, 0.15) is 5.40 Å². The second kappa shape index (κ2) is 24.0. The molecule has 0 saturated carbocycles. The summed E-state index contributed by atoms with van der Waals surface area (Å²) in [6.07, 6.45) is 0. The average Bonchev–Trinajstić information content (AvgIpc) is 0.918. The van der Waals surface area contributed by atoms with Crippen molar-refractivity contribution < 1.29 is 22.4 Å². The molecule has 0 fully saturated rings. The fourth-order valence-corrected chi connectivity index (χ4v) is 0. The number of nitrogens with zero attached hydrogens (tertiary/aromatic N) is 1. The Morgan fingerprint density at radius 3 is 1.60 bits per heavy atom. The standard InChI is InChI=1S/CHNS.Au.H3N/c2-1-3;;/h3H;;1H3/q;+3;. The van der Waals surface area contributed by atoms with E-state index < -0.39 is 0 Å². The molecule has 0 aromatic carbocycles. The van der Waals surface area contributed by atoms with Gasteiger partial charge in [0.25, 0.3) is 0 Å².